The van der Waals surface area contributed by atoms with Gasteiger partial charge < -0.3 is 0 Å². The normalized spacial score (nSPS) is 9.40. The van der Waals surface area contributed by atoms with Gasteiger partial charge in [0.1, 0.15) is 0 Å². The zero-order chi connectivity index (χ0) is 7.56. The quantitative estimate of drug-likeness (QED) is 0.595. The van der Waals surface area contributed by atoms with Gasteiger partial charge in [0.05, 0.1) is 0 Å². The van der Waals surface area contributed by atoms with Crippen molar-refractivity contribution in [3.05, 3.63) is 34.9 Å². The van der Waals surface area contributed by atoms with Crippen molar-refractivity contribution >= 4 is 26.4 Å². The van der Waals surface area contributed by atoms with Crippen LogP contribution in [0.4, 0.5) is 0 Å². The summed E-state index contributed by atoms with van der Waals surface area (Å²) in [6, 6.07) is 6.77. The molecule has 0 aromatic heterocycles. The van der Waals surface area contributed by atoms with Gasteiger partial charge >= 0.3 is 0 Å². The van der Waals surface area contributed by atoms with Crippen LogP contribution >= 0.6 is 20.8 Å². The highest BCUT2D eigenvalue weighted by molar-refractivity contribution is 7.41. The van der Waals surface area contributed by atoms with Crippen LogP contribution in [0.2, 0.25) is 5.02 Å². The summed E-state index contributed by atoms with van der Waals surface area (Å²) in [5, 5.41) is 0.648. The zero-order valence-electron chi connectivity index (χ0n) is 5.17. The van der Waals surface area contributed by atoms with E-state index in [1.165, 1.54) is 0 Å². The van der Waals surface area contributed by atoms with Gasteiger partial charge in [-0.2, -0.15) is 0 Å². The van der Waals surface area contributed by atoms with Crippen molar-refractivity contribution in [1.82, 2.24) is 0 Å². The first-order valence-corrected chi connectivity index (χ1v) is 3.71. The number of hydrogen-bond donors (Lipinski definition) is 0. The van der Waals surface area contributed by atoms with Gasteiger partial charge in [-0.05, 0) is 24.3 Å². The van der Waals surface area contributed by atoms with Gasteiger partial charge in [0, 0.05) is 10.6 Å². The summed E-state index contributed by atoms with van der Waals surface area (Å²) in [5.41, 5.74) is 0.645. The van der Waals surface area contributed by atoms with Crippen LogP contribution in [-0.2, 0) is 0 Å². The second-order valence-corrected chi connectivity index (χ2v) is 2.83. The molecular formula is C7H6ClOP. The minimum atomic E-state index is -0.0170. The molecule has 0 amide bonds. The molecule has 0 spiro atoms. The molecule has 10 heavy (non-hydrogen) atoms. The van der Waals surface area contributed by atoms with E-state index in [0.717, 1.165) is 0 Å². The summed E-state index contributed by atoms with van der Waals surface area (Å²) in [6.07, 6.45) is 0. The molecule has 0 saturated carbocycles. The third kappa shape index (κ3) is 1.80. The monoisotopic (exact) mass is 172 g/mol. The van der Waals surface area contributed by atoms with Crippen molar-refractivity contribution in [2.24, 2.45) is 0 Å². The summed E-state index contributed by atoms with van der Waals surface area (Å²) in [7, 11) is 2.11. The molecule has 0 fully saturated rings. The number of benzene rings is 1. The highest BCUT2D eigenvalue weighted by Crippen LogP contribution is 2.11. The lowest BCUT2D eigenvalue weighted by atomic mass is 10.2. The van der Waals surface area contributed by atoms with E-state index in [0.29, 0.717) is 10.6 Å². The molecule has 0 saturated heterocycles. The predicted molar refractivity (Wildman–Crippen MR) is 45.5 cm³/mol. The molecule has 1 rings (SSSR count). The molecular weight excluding hydrogens is 167 g/mol. The Labute approximate surface area is 66.6 Å². The largest absolute Gasteiger partial charge is 0.290 e. The van der Waals surface area contributed by atoms with Crippen LogP contribution in [0.25, 0.3) is 0 Å². The van der Waals surface area contributed by atoms with Crippen LogP contribution in [0, 0.1) is 0 Å². The molecule has 52 valence electrons. The molecule has 0 radical (unpaired) electrons. The van der Waals surface area contributed by atoms with E-state index in [-0.39, 0.29) is 5.52 Å². The number of rotatable bonds is 1. The molecule has 1 nitrogen and oxygen atoms in total. The van der Waals surface area contributed by atoms with Crippen LogP contribution in [-0.4, -0.2) is 5.52 Å². The molecule has 0 N–H and O–H groups in total. The Balaban J connectivity index is 3.00. The maximum atomic E-state index is 10.7. The van der Waals surface area contributed by atoms with Crippen LogP contribution < -0.4 is 0 Å². The fourth-order valence-electron chi connectivity index (χ4n) is 0.614. The Hall–Kier alpha value is -0.390. The van der Waals surface area contributed by atoms with E-state index in [2.05, 4.69) is 9.24 Å². The first-order chi connectivity index (χ1) is 4.70. The molecule has 3 heteroatoms. The van der Waals surface area contributed by atoms with Gasteiger partial charge in [0.25, 0.3) is 0 Å². The van der Waals surface area contributed by atoms with Gasteiger partial charge in [-0.3, -0.25) is 4.79 Å². The topological polar surface area (TPSA) is 17.1 Å². The van der Waals surface area contributed by atoms with Gasteiger partial charge in [-0.1, -0.05) is 20.8 Å². The third-order valence-corrected chi connectivity index (χ3v) is 1.71. The highest BCUT2D eigenvalue weighted by Gasteiger charge is 1.95. The Morgan fingerprint density at radius 2 is 1.80 bits per heavy atom. The molecule has 1 atom stereocenters. The summed E-state index contributed by atoms with van der Waals surface area (Å²) < 4.78 is 0. The number of carbonyl (C=O) groups is 1. The SMILES string of the molecule is O=C(P)c1ccc(Cl)cc1. The minimum Gasteiger partial charge on any atom is -0.290 e. The average molecular weight is 173 g/mol. The summed E-state index contributed by atoms with van der Waals surface area (Å²) in [5.74, 6) is 0. The second-order valence-electron chi connectivity index (χ2n) is 1.87. The van der Waals surface area contributed by atoms with Gasteiger partial charge in [0.15, 0.2) is 5.52 Å². The fraction of sp³-hybridized carbons (Fsp3) is 0. The summed E-state index contributed by atoms with van der Waals surface area (Å²) >= 11 is 5.60. The molecule has 0 heterocycles. The standard InChI is InChI=1S/C7H6ClOP/c8-6-3-1-5(2-4-6)7(9)10/h1-4H,10H2. The van der Waals surface area contributed by atoms with Crippen LogP contribution in [0.3, 0.4) is 0 Å². The van der Waals surface area contributed by atoms with Crippen molar-refractivity contribution in [2.75, 3.05) is 0 Å². The summed E-state index contributed by atoms with van der Waals surface area (Å²) in [6.45, 7) is 0. The van der Waals surface area contributed by atoms with Crippen molar-refractivity contribution in [3.8, 4) is 0 Å². The number of carbonyl (C=O) groups excluding carboxylic acids is 1. The molecule has 0 bridgehead atoms. The van der Waals surface area contributed by atoms with Crippen molar-refractivity contribution in [2.45, 2.75) is 0 Å². The van der Waals surface area contributed by atoms with E-state index in [9.17, 15) is 4.79 Å². The third-order valence-electron chi connectivity index (χ3n) is 1.13. The number of hydrogen-bond acceptors (Lipinski definition) is 1. The van der Waals surface area contributed by atoms with Crippen molar-refractivity contribution in [3.63, 3.8) is 0 Å². The van der Waals surface area contributed by atoms with E-state index >= 15 is 0 Å². The van der Waals surface area contributed by atoms with Crippen LogP contribution in [0.15, 0.2) is 24.3 Å². The maximum Gasteiger partial charge on any atom is 0.178 e. The Bertz CT molecular complexity index is 242. The highest BCUT2D eigenvalue weighted by atomic mass is 35.5. The number of halogens is 1. The fourth-order valence-corrected chi connectivity index (χ4v) is 0.933. The van der Waals surface area contributed by atoms with E-state index in [1.54, 1.807) is 24.3 Å². The zero-order valence-corrected chi connectivity index (χ0v) is 7.08. The lowest BCUT2D eigenvalue weighted by Gasteiger charge is -1.92. The van der Waals surface area contributed by atoms with E-state index < -0.39 is 0 Å². The first kappa shape index (κ1) is 7.71. The van der Waals surface area contributed by atoms with Crippen molar-refractivity contribution in [1.29, 1.82) is 0 Å². The minimum absolute atomic E-state index is 0.0170. The Morgan fingerprint density at radius 1 is 1.30 bits per heavy atom. The average Bonchev–Trinajstić information content (AvgIpc) is 1.88. The van der Waals surface area contributed by atoms with Crippen molar-refractivity contribution < 1.29 is 4.79 Å². The Morgan fingerprint density at radius 3 is 2.20 bits per heavy atom. The molecule has 1 aromatic carbocycles. The molecule has 0 aliphatic rings. The summed E-state index contributed by atoms with van der Waals surface area (Å²) in [4.78, 5) is 10.7. The van der Waals surface area contributed by atoms with Crippen LogP contribution in [0.5, 0.6) is 0 Å². The Kier molecular flexibility index (Phi) is 2.42. The van der Waals surface area contributed by atoms with Crippen LogP contribution in [0.1, 0.15) is 10.4 Å². The van der Waals surface area contributed by atoms with E-state index in [4.69, 9.17) is 11.6 Å². The second kappa shape index (κ2) is 3.14. The first-order valence-electron chi connectivity index (χ1n) is 2.75. The van der Waals surface area contributed by atoms with Gasteiger partial charge in [-0.25, -0.2) is 0 Å². The maximum absolute atomic E-state index is 10.7. The lowest BCUT2D eigenvalue weighted by Crippen LogP contribution is -1.84. The molecule has 0 aliphatic heterocycles. The molecule has 1 unspecified atom stereocenters. The lowest BCUT2D eigenvalue weighted by molar-refractivity contribution is 0.108. The predicted octanol–water partition coefficient (Wildman–Crippen LogP) is 2.36. The molecule has 1 aromatic rings. The smallest absolute Gasteiger partial charge is 0.178 e. The van der Waals surface area contributed by atoms with Gasteiger partial charge in [0.2, 0.25) is 0 Å². The van der Waals surface area contributed by atoms with Gasteiger partial charge in [-0.15, -0.1) is 0 Å². The van der Waals surface area contributed by atoms with E-state index in [1.807, 2.05) is 0 Å². The molecule has 0 aliphatic carbocycles.